The zero-order chi connectivity index (χ0) is 33.4. The van der Waals surface area contributed by atoms with E-state index in [0.29, 0.717) is 6.42 Å². The van der Waals surface area contributed by atoms with Crippen molar-refractivity contribution in [2.24, 2.45) is 11.8 Å². The number of cyclic esters (lactones) is 1. The number of carbonyl (C=O) groups excluding carboxylic acids is 6. The van der Waals surface area contributed by atoms with Crippen LogP contribution in [0.3, 0.4) is 0 Å². The fourth-order valence-electron chi connectivity index (χ4n) is 4.66. The third-order valence-corrected chi connectivity index (χ3v) is 7.47. The third-order valence-electron chi connectivity index (χ3n) is 7.47. The lowest BCUT2D eigenvalue weighted by Crippen LogP contribution is -2.63. The Kier molecular flexibility index (Phi) is 17.5. The molecule has 5 amide bonds. The molecule has 0 bridgehead atoms. The maximum atomic E-state index is 13.3. The van der Waals surface area contributed by atoms with Crippen LogP contribution in [0.2, 0.25) is 0 Å². The Labute approximate surface area is 260 Å². The number of amides is 5. The van der Waals surface area contributed by atoms with Crippen molar-refractivity contribution in [2.45, 2.75) is 129 Å². The summed E-state index contributed by atoms with van der Waals surface area (Å²) in [6, 6.07) is -6.84. The molecule has 7 N–H and O–H groups in total. The van der Waals surface area contributed by atoms with Crippen LogP contribution < -0.4 is 26.6 Å². The molecule has 6 unspecified atom stereocenters. The average Bonchev–Trinajstić information content (AvgIpc) is 2.96. The first-order valence-electron chi connectivity index (χ1n) is 15.7. The predicted octanol–water partition coefficient (Wildman–Crippen LogP) is -0.207. The van der Waals surface area contributed by atoms with Gasteiger partial charge in [-0.25, -0.2) is 4.79 Å². The topological polar surface area (TPSA) is 212 Å². The summed E-state index contributed by atoms with van der Waals surface area (Å²) in [5.41, 5.74) is 0. The van der Waals surface area contributed by atoms with Crippen molar-refractivity contribution in [1.29, 1.82) is 0 Å². The third kappa shape index (κ3) is 12.8. The van der Waals surface area contributed by atoms with Crippen LogP contribution in [0.25, 0.3) is 0 Å². The Hall–Kier alpha value is -3.26. The van der Waals surface area contributed by atoms with Crippen LogP contribution in [0.4, 0.5) is 0 Å². The molecule has 1 rings (SSSR count). The highest BCUT2D eigenvalue weighted by atomic mass is 16.5. The van der Waals surface area contributed by atoms with Crippen molar-refractivity contribution in [3.63, 3.8) is 0 Å². The van der Waals surface area contributed by atoms with Crippen LogP contribution in [0.1, 0.15) is 92.9 Å². The molecule has 14 heteroatoms. The monoisotopic (exact) mass is 627 g/mol. The molecule has 0 saturated carbocycles. The average molecular weight is 628 g/mol. The highest BCUT2D eigenvalue weighted by molar-refractivity contribution is 5.96. The number of aliphatic hydroxyl groups excluding tert-OH is 2. The van der Waals surface area contributed by atoms with E-state index in [1.807, 2.05) is 0 Å². The van der Waals surface area contributed by atoms with E-state index in [9.17, 15) is 39.0 Å². The number of nitrogens with one attached hydrogen (secondary N) is 5. The Morgan fingerprint density at radius 3 is 1.73 bits per heavy atom. The van der Waals surface area contributed by atoms with Gasteiger partial charge in [-0.05, 0) is 25.2 Å². The minimum absolute atomic E-state index is 0.122. The summed E-state index contributed by atoms with van der Waals surface area (Å²) in [6.45, 7) is 8.49. The minimum atomic E-state index is -1.57. The molecular weight excluding hydrogens is 574 g/mol. The van der Waals surface area contributed by atoms with Crippen LogP contribution in [0, 0.1) is 11.8 Å². The second kappa shape index (κ2) is 19.9. The Balaban J connectivity index is 3.30. The van der Waals surface area contributed by atoms with Gasteiger partial charge in [0.2, 0.25) is 29.5 Å². The van der Waals surface area contributed by atoms with Gasteiger partial charge in [-0.2, -0.15) is 0 Å². The van der Waals surface area contributed by atoms with Gasteiger partial charge in [0.25, 0.3) is 0 Å². The number of hydrogen-bond donors (Lipinski definition) is 7. The number of esters is 1. The maximum absolute atomic E-state index is 13.3. The number of unbranched alkanes of at least 4 members (excludes halogenated alkanes) is 6. The molecule has 0 aromatic carbocycles. The molecule has 44 heavy (non-hydrogen) atoms. The van der Waals surface area contributed by atoms with E-state index in [-0.39, 0.29) is 6.42 Å². The van der Waals surface area contributed by atoms with Gasteiger partial charge in [-0.15, -0.1) is 0 Å². The standard InChI is InChI=1S/C30H53N5O9/c1-7-8-9-10-11-12-13-14-22(38)33-25-19(6)44-30(43)24(18(4)5)35-28(41)23(17(2)3)34-27(40)21(16-37)31-26(39)20(15-36)32-29(25)42/h17-21,23-25,36-37H,7-16H2,1-6H3,(H,31,39)(H,32,42)(H,33,38)(H,34,40)(H,35,41). The van der Waals surface area contributed by atoms with Crippen molar-refractivity contribution >= 4 is 35.5 Å². The molecule has 0 aromatic rings. The lowest BCUT2D eigenvalue weighted by molar-refractivity contribution is -0.157. The van der Waals surface area contributed by atoms with Gasteiger partial charge in [0.15, 0.2) is 0 Å². The van der Waals surface area contributed by atoms with Gasteiger partial charge < -0.3 is 41.5 Å². The summed E-state index contributed by atoms with van der Waals surface area (Å²) in [7, 11) is 0. The summed E-state index contributed by atoms with van der Waals surface area (Å²) in [5, 5.41) is 31.9. The lowest BCUT2D eigenvalue weighted by atomic mass is 9.99. The van der Waals surface area contributed by atoms with Crippen LogP contribution >= 0.6 is 0 Å². The molecule has 0 spiro atoms. The van der Waals surface area contributed by atoms with E-state index in [4.69, 9.17) is 4.74 Å². The van der Waals surface area contributed by atoms with E-state index < -0.39 is 96.9 Å². The summed E-state index contributed by atoms with van der Waals surface area (Å²) in [5.74, 6) is -5.74. The number of rotatable bonds is 13. The normalized spacial score (nSPS) is 26.0. The Morgan fingerprint density at radius 1 is 0.727 bits per heavy atom. The smallest absolute Gasteiger partial charge is 0.329 e. The molecule has 1 fully saturated rings. The van der Waals surface area contributed by atoms with Gasteiger partial charge in [-0.3, -0.25) is 24.0 Å². The molecule has 1 heterocycles. The zero-order valence-corrected chi connectivity index (χ0v) is 26.9. The summed E-state index contributed by atoms with van der Waals surface area (Å²) in [6.07, 6.45) is 5.78. The molecule has 252 valence electrons. The first kappa shape index (κ1) is 38.8. The molecule has 0 radical (unpaired) electrons. The van der Waals surface area contributed by atoms with E-state index in [2.05, 4.69) is 33.5 Å². The van der Waals surface area contributed by atoms with Gasteiger partial charge >= 0.3 is 5.97 Å². The molecule has 14 nitrogen and oxygen atoms in total. The van der Waals surface area contributed by atoms with Crippen molar-refractivity contribution in [3.8, 4) is 0 Å². The van der Waals surface area contributed by atoms with Crippen LogP contribution in [0.5, 0.6) is 0 Å². The van der Waals surface area contributed by atoms with Gasteiger partial charge in [0.05, 0.1) is 13.2 Å². The SMILES string of the molecule is CCCCCCCCCC(=O)NC1C(=O)NC(CO)C(=O)NC(CO)C(=O)NC(C(C)C)C(=O)NC(C(C)C)C(=O)OC1C. The molecule has 6 atom stereocenters. The number of carbonyl (C=O) groups is 6. The molecule has 0 aliphatic carbocycles. The highest BCUT2D eigenvalue weighted by Crippen LogP contribution is 2.13. The molecule has 0 aromatic heterocycles. The quantitative estimate of drug-likeness (QED) is 0.106. The van der Waals surface area contributed by atoms with Gasteiger partial charge in [-0.1, -0.05) is 73.1 Å². The fraction of sp³-hybridized carbons (Fsp3) is 0.800. The number of aliphatic hydroxyl groups is 2. The predicted molar refractivity (Wildman–Crippen MR) is 162 cm³/mol. The first-order valence-corrected chi connectivity index (χ1v) is 15.7. The van der Waals surface area contributed by atoms with E-state index in [0.717, 1.165) is 38.5 Å². The zero-order valence-electron chi connectivity index (χ0n) is 26.9. The van der Waals surface area contributed by atoms with Crippen molar-refractivity contribution < 1.29 is 43.7 Å². The molecular formula is C30H53N5O9. The Bertz CT molecular complexity index is 975. The van der Waals surface area contributed by atoms with Crippen molar-refractivity contribution in [2.75, 3.05) is 13.2 Å². The molecule has 1 aliphatic heterocycles. The summed E-state index contributed by atoms with van der Waals surface area (Å²) >= 11 is 0. The van der Waals surface area contributed by atoms with Crippen molar-refractivity contribution in [1.82, 2.24) is 26.6 Å². The van der Waals surface area contributed by atoms with Crippen LogP contribution in [0.15, 0.2) is 0 Å². The van der Waals surface area contributed by atoms with Crippen LogP contribution in [-0.4, -0.2) is 95.2 Å². The lowest BCUT2D eigenvalue weighted by Gasteiger charge is -2.31. The van der Waals surface area contributed by atoms with E-state index >= 15 is 0 Å². The largest absolute Gasteiger partial charge is 0.458 e. The highest BCUT2D eigenvalue weighted by Gasteiger charge is 2.38. The minimum Gasteiger partial charge on any atom is -0.458 e. The number of ether oxygens (including phenoxy) is 1. The molecule has 1 saturated heterocycles. The second-order valence-electron chi connectivity index (χ2n) is 12.0. The summed E-state index contributed by atoms with van der Waals surface area (Å²) in [4.78, 5) is 78.5. The van der Waals surface area contributed by atoms with Gasteiger partial charge in [0.1, 0.15) is 36.3 Å². The van der Waals surface area contributed by atoms with Crippen molar-refractivity contribution in [3.05, 3.63) is 0 Å². The fourth-order valence-corrected chi connectivity index (χ4v) is 4.66. The van der Waals surface area contributed by atoms with Crippen LogP contribution in [-0.2, 0) is 33.5 Å². The Morgan fingerprint density at radius 2 is 1.20 bits per heavy atom. The van der Waals surface area contributed by atoms with E-state index in [1.165, 1.54) is 6.92 Å². The van der Waals surface area contributed by atoms with Gasteiger partial charge in [0, 0.05) is 6.42 Å². The maximum Gasteiger partial charge on any atom is 0.329 e. The second-order valence-corrected chi connectivity index (χ2v) is 12.0. The number of hydrogen-bond acceptors (Lipinski definition) is 9. The van der Waals surface area contributed by atoms with E-state index in [1.54, 1.807) is 27.7 Å². The molecule has 1 aliphatic rings. The first-order chi connectivity index (χ1) is 20.8. The summed E-state index contributed by atoms with van der Waals surface area (Å²) < 4.78 is 5.57.